The van der Waals surface area contributed by atoms with Gasteiger partial charge in [0.05, 0.1) is 6.54 Å². The van der Waals surface area contributed by atoms with Crippen molar-refractivity contribution in [2.24, 2.45) is 0 Å². The summed E-state index contributed by atoms with van der Waals surface area (Å²) in [5.41, 5.74) is 3.06. The van der Waals surface area contributed by atoms with Gasteiger partial charge in [-0.15, -0.1) is 0 Å². The molecule has 0 bridgehead atoms. The molecule has 0 aliphatic heterocycles. The molecule has 0 unspecified atom stereocenters. The van der Waals surface area contributed by atoms with Crippen molar-refractivity contribution >= 4 is 0 Å². The van der Waals surface area contributed by atoms with Gasteiger partial charge in [0.2, 0.25) is 0 Å². The zero-order valence-electron chi connectivity index (χ0n) is 10.8. The summed E-state index contributed by atoms with van der Waals surface area (Å²) >= 11 is 0. The number of phenols is 1. The number of aromatic nitrogens is 2. The molecule has 0 aliphatic rings. The molecular weight excluding hydrogens is 226 g/mol. The molecule has 2 rings (SSSR count). The van der Waals surface area contributed by atoms with Crippen LogP contribution in [0.4, 0.5) is 0 Å². The maximum absolute atomic E-state index is 9.70. The average Bonchev–Trinajstić information content (AvgIpc) is 2.84. The Balaban J connectivity index is 1.83. The number of phenolic OH excluding ortho intramolecular Hbond substituents is 1. The molecule has 2 N–H and O–H groups in total. The van der Waals surface area contributed by atoms with Gasteiger partial charge in [-0.05, 0) is 36.6 Å². The van der Waals surface area contributed by atoms with Gasteiger partial charge in [0.25, 0.3) is 0 Å². The first-order chi connectivity index (χ1) is 8.66. The van der Waals surface area contributed by atoms with Gasteiger partial charge in [0.1, 0.15) is 5.75 Å². The highest BCUT2D eigenvalue weighted by molar-refractivity contribution is 5.42. The number of nitrogens with zero attached hydrogens (tertiary/aromatic N) is 2. The Labute approximate surface area is 107 Å². The number of rotatable bonds is 5. The van der Waals surface area contributed by atoms with E-state index in [2.05, 4.69) is 10.4 Å². The average molecular weight is 245 g/mol. The van der Waals surface area contributed by atoms with Crippen LogP contribution in [0.3, 0.4) is 0 Å². The van der Waals surface area contributed by atoms with Gasteiger partial charge in [0, 0.05) is 25.5 Å². The van der Waals surface area contributed by atoms with E-state index in [1.54, 1.807) is 6.20 Å². The van der Waals surface area contributed by atoms with Crippen LogP contribution in [0.1, 0.15) is 16.7 Å². The van der Waals surface area contributed by atoms with E-state index in [4.69, 9.17) is 0 Å². The molecular formula is C14H19N3O. The zero-order valence-corrected chi connectivity index (χ0v) is 10.8. The van der Waals surface area contributed by atoms with E-state index in [9.17, 15) is 5.11 Å². The summed E-state index contributed by atoms with van der Waals surface area (Å²) in [6.45, 7) is 6.40. The maximum atomic E-state index is 9.70. The second kappa shape index (κ2) is 5.69. The molecule has 1 aromatic carbocycles. The SMILES string of the molecule is Cc1cc(CNCCn2cccn2)cc(C)c1O. The largest absolute Gasteiger partial charge is 0.507 e. The lowest BCUT2D eigenvalue weighted by atomic mass is 10.1. The molecule has 4 nitrogen and oxygen atoms in total. The molecule has 96 valence electrons. The smallest absolute Gasteiger partial charge is 0.121 e. The van der Waals surface area contributed by atoms with Crippen molar-refractivity contribution in [3.63, 3.8) is 0 Å². The molecule has 1 heterocycles. The highest BCUT2D eigenvalue weighted by Crippen LogP contribution is 2.22. The van der Waals surface area contributed by atoms with Gasteiger partial charge in [-0.2, -0.15) is 5.10 Å². The predicted molar refractivity (Wildman–Crippen MR) is 71.5 cm³/mol. The predicted octanol–water partition coefficient (Wildman–Crippen LogP) is 2.00. The van der Waals surface area contributed by atoms with E-state index in [0.29, 0.717) is 5.75 Å². The number of aromatic hydroxyl groups is 1. The Kier molecular flexibility index (Phi) is 3.99. The van der Waals surface area contributed by atoms with Gasteiger partial charge in [-0.1, -0.05) is 12.1 Å². The Hall–Kier alpha value is -1.81. The monoisotopic (exact) mass is 245 g/mol. The minimum absolute atomic E-state index is 0.398. The summed E-state index contributed by atoms with van der Waals surface area (Å²) in [5, 5.41) is 17.2. The van der Waals surface area contributed by atoms with Gasteiger partial charge >= 0.3 is 0 Å². The highest BCUT2D eigenvalue weighted by Gasteiger charge is 2.02. The molecule has 4 heteroatoms. The van der Waals surface area contributed by atoms with Crippen molar-refractivity contribution < 1.29 is 5.11 Å². The van der Waals surface area contributed by atoms with Crippen LogP contribution in [0.2, 0.25) is 0 Å². The van der Waals surface area contributed by atoms with Crippen LogP contribution in [0.25, 0.3) is 0 Å². The highest BCUT2D eigenvalue weighted by atomic mass is 16.3. The summed E-state index contributed by atoms with van der Waals surface area (Å²) in [6, 6.07) is 5.96. The standard InChI is InChI=1S/C14H19N3O/c1-11-8-13(9-12(2)14(11)18)10-15-5-7-17-6-3-4-16-17/h3-4,6,8-9,15,18H,5,7,10H2,1-2H3. The molecule has 0 fully saturated rings. The maximum Gasteiger partial charge on any atom is 0.121 e. The van der Waals surface area contributed by atoms with Crippen molar-refractivity contribution in [2.75, 3.05) is 6.54 Å². The van der Waals surface area contributed by atoms with Crippen molar-refractivity contribution in [3.05, 3.63) is 47.3 Å². The lowest BCUT2D eigenvalue weighted by Gasteiger charge is -2.09. The van der Waals surface area contributed by atoms with Crippen molar-refractivity contribution in [1.29, 1.82) is 0 Å². The second-order valence-corrected chi connectivity index (χ2v) is 4.52. The molecule has 0 saturated heterocycles. The zero-order chi connectivity index (χ0) is 13.0. The third-order valence-corrected chi connectivity index (χ3v) is 2.96. The second-order valence-electron chi connectivity index (χ2n) is 4.52. The van der Waals surface area contributed by atoms with Gasteiger partial charge in [-0.25, -0.2) is 0 Å². The van der Waals surface area contributed by atoms with Crippen molar-refractivity contribution in [3.8, 4) is 5.75 Å². The van der Waals surface area contributed by atoms with Crippen LogP contribution in [-0.2, 0) is 13.1 Å². The molecule has 0 amide bonds. The lowest BCUT2D eigenvalue weighted by Crippen LogP contribution is -2.19. The Bertz CT molecular complexity index is 483. The van der Waals surface area contributed by atoms with E-state index in [-0.39, 0.29) is 0 Å². The van der Waals surface area contributed by atoms with E-state index in [1.165, 1.54) is 5.56 Å². The molecule has 18 heavy (non-hydrogen) atoms. The summed E-state index contributed by atoms with van der Waals surface area (Å²) in [4.78, 5) is 0. The molecule has 0 radical (unpaired) electrons. The third-order valence-electron chi connectivity index (χ3n) is 2.96. The van der Waals surface area contributed by atoms with Gasteiger partial charge in [-0.3, -0.25) is 4.68 Å². The lowest BCUT2D eigenvalue weighted by molar-refractivity contribution is 0.466. The van der Waals surface area contributed by atoms with E-state index < -0.39 is 0 Å². The summed E-state index contributed by atoms with van der Waals surface area (Å²) in [7, 11) is 0. The Morgan fingerprint density at radius 3 is 2.61 bits per heavy atom. The number of nitrogens with one attached hydrogen (secondary N) is 1. The van der Waals surface area contributed by atoms with Crippen LogP contribution < -0.4 is 5.32 Å². The molecule has 0 atom stereocenters. The van der Waals surface area contributed by atoms with Crippen LogP contribution >= 0.6 is 0 Å². The Morgan fingerprint density at radius 2 is 2.00 bits per heavy atom. The van der Waals surface area contributed by atoms with Crippen LogP contribution in [0.15, 0.2) is 30.6 Å². The van der Waals surface area contributed by atoms with Crippen molar-refractivity contribution in [2.45, 2.75) is 26.9 Å². The topological polar surface area (TPSA) is 50.1 Å². The molecule has 0 aliphatic carbocycles. The number of aryl methyl sites for hydroxylation is 2. The summed E-state index contributed by atoms with van der Waals surface area (Å²) in [6.07, 6.45) is 3.74. The number of hydrogen-bond acceptors (Lipinski definition) is 3. The van der Waals surface area contributed by atoms with E-state index >= 15 is 0 Å². The summed E-state index contributed by atoms with van der Waals surface area (Å²) in [5.74, 6) is 0.398. The van der Waals surface area contributed by atoms with E-state index in [0.717, 1.165) is 30.8 Å². The molecule has 0 spiro atoms. The third kappa shape index (κ3) is 3.11. The fourth-order valence-electron chi connectivity index (χ4n) is 2.01. The van der Waals surface area contributed by atoms with E-state index in [1.807, 2.05) is 42.9 Å². The van der Waals surface area contributed by atoms with Crippen LogP contribution in [-0.4, -0.2) is 21.4 Å². The van der Waals surface area contributed by atoms with Gasteiger partial charge < -0.3 is 10.4 Å². The Morgan fingerprint density at radius 1 is 1.28 bits per heavy atom. The molecule has 0 saturated carbocycles. The van der Waals surface area contributed by atoms with Crippen LogP contribution in [0.5, 0.6) is 5.75 Å². The first-order valence-corrected chi connectivity index (χ1v) is 6.14. The number of benzene rings is 1. The fourth-order valence-corrected chi connectivity index (χ4v) is 2.01. The quantitative estimate of drug-likeness (QED) is 0.792. The molecule has 1 aromatic heterocycles. The van der Waals surface area contributed by atoms with Crippen molar-refractivity contribution in [1.82, 2.24) is 15.1 Å². The van der Waals surface area contributed by atoms with Gasteiger partial charge in [0.15, 0.2) is 0 Å². The first kappa shape index (κ1) is 12.6. The van der Waals surface area contributed by atoms with Crippen LogP contribution in [0, 0.1) is 13.8 Å². The first-order valence-electron chi connectivity index (χ1n) is 6.14. The number of hydrogen-bond donors (Lipinski definition) is 2. The fraction of sp³-hybridized carbons (Fsp3) is 0.357. The molecule has 2 aromatic rings. The summed E-state index contributed by atoms with van der Waals surface area (Å²) < 4.78 is 1.90. The minimum Gasteiger partial charge on any atom is -0.507 e. The normalized spacial score (nSPS) is 10.8. The minimum atomic E-state index is 0.398.